The molecule has 2 heterocycles. The summed E-state index contributed by atoms with van der Waals surface area (Å²) in [5.74, 6) is 2.55. The van der Waals surface area contributed by atoms with Crippen molar-refractivity contribution in [2.75, 3.05) is 39.7 Å². The van der Waals surface area contributed by atoms with Gasteiger partial charge in [0.25, 0.3) is 0 Å². The quantitative estimate of drug-likeness (QED) is 0.839. The van der Waals surface area contributed by atoms with Crippen LogP contribution in [-0.2, 0) is 6.54 Å². The fraction of sp³-hybridized carbons (Fsp3) is 0.533. The number of hydrogen-bond donors (Lipinski definition) is 1. The molecule has 2 aliphatic rings. The summed E-state index contributed by atoms with van der Waals surface area (Å²) in [6.07, 6.45) is -0.586. The van der Waals surface area contributed by atoms with Crippen molar-refractivity contribution in [1.29, 1.82) is 0 Å². The number of rotatable bonds is 4. The molecule has 5 nitrogen and oxygen atoms in total. The molecule has 0 amide bonds. The van der Waals surface area contributed by atoms with Crippen molar-refractivity contribution >= 4 is 28.3 Å². The first-order valence-corrected chi connectivity index (χ1v) is 8.59. The van der Waals surface area contributed by atoms with Gasteiger partial charge in [-0.2, -0.15) is 0 Å². The summed E-state index contributed by atoms with van der Waals surface area (Å²) in [7, 11) is 3.28. The molecule has 2 aliphatic heterocycles. The highest BCUT2D eigenvalue weighted by molar-refractivity contribution is 8.23. The van der Waals surface area contributed by atoms with Gasteiger partial charge in [0.15, 0.2) is 0 Å². The van der Waals surface area contributed by atoms with E-state index in [1.807, 2.05) is 12.1 Å². The zero-order chi connectivity index (χ0) is 15.7. The van der Waals surface area contributed by atoms with Crippen molar-refractivity contribution in [3.63, 3.8) is 0 Å². The summed E-state index contributed by atoms with van der Waals surface area (Å²) in [6.45, 7) is 3.00. The predicted molar refractivity (Wildman–Crippen MR) is 91.5 cm³/mol. The smallest absolute Gasteiger partial charge is 0.137 e. The Balaban J connectivity index is 1.86. The van der Waals surface area contributed by atoms with Crippen molar-refractivity contribution < 1.29 is 14.6 Å². The minimum absolute atomic E-state index is 0.570. The predicted octanol–water partition coefficient (Wildman–Crippen LogP) is 1.84. The fourth-order valence-electron chi connectivity index (χ4n) is 3.05. The van der Waals surface area contributed by atoms with Crippen LogP contribution in [0.4, 0.5) is 0 Å². The van der Waals surface area contributed by atoms with E-state index in [1.54, 1.807) is 26.0 Å². The first-order chi connectivity index (χ1) is 10.6. The molecule has 1 saturated heterocycles. The second-order valence-corrected chi connectivity index (χ2v) is 7.14. The van der Waals surface area contributed by atoms with Crippen LogP contribution in [0.15, 0.2) is 12.1 Å². The number of methoxy groups -OCH3 is 2. The van der Waals surface area contributed by atoms with Gasteiger partial charge < -0.3 is 19.5 Å². The summed E-state index contributed by atoms with van der Waals surface area (Å²) < 4.78 is 11.8. The Morgan fingerprint density at radius 3 is 2.68 bits per heavy atom. The lowest BCUT2D eigenvalue weighted by molar-refractivity contribution is 0.0684. The molecule has 1 unspecified atom stereocenters. The van der Waals surface area contributed by atoms with Crippen LogP contribution in [0.1, 0.15) is 17.2 Å². The van der Waals surface area contributed by atoms with E-state index in [9.17, 15) is 5.11 Å². The molecule has 1 atom stereocenters. The Kier molecular flexibility index (Phi) is 4.77. The number of hydrogen-bond acceptors (Lipinski definition) is 6. The zero-order valence-electron chi connectivity index (χ0n) is 12.7. The van der Waals surface area contributed by atoms with E-state index < -0.39 is 6.10 Å². The minimum Gasteiger partial charge on any atom is -0.496 e. The molecule has 1 fully saturated rings. The van der Waals surface area contributed by atoms with Crippen LogP contribution in [0.2, 0.25) is 0 Å². The third-order valence-corrected chi connectivity index (χ3v) is 5.58. The maximum absolute atomic E-state index is 10.6. The molecule has 0 radical (unpaired) electrons. The van der Waals surface area contributed by atoms with E-state index in [4.69, 9.17) is 21.7 Å². The van der Waals surface area contributed by atoms with E-state index in [0.29, 0.717) is 6.54 Å². The van der Waals surface area contributed by atoms with Gasteiger partial charge in [-0.3, -0.25) is 4.90 Å². The second-order valence-electron chi connectivity index (χ2n) is 5.41. The molecule has 0 aromatic heterocycles. The lowest BCUT2D eigenvalue weighted by Crippen LogP contribution is -2.42. The number of fused-ring (bicyclic) bond motifs is 1. The van der Waals surface area contributed by atoms with Gasteiger partial charge >= 0.3 is 0 Å². The Morgan fingerprint density at radius 2 is 2.05 bits per heavy atom. The van der Waals surface area contributed by atoms with Crippen LogP contribution in [0.25, 0.3) is 0 Å². The molecule has 120 valence electrons. The van der Waals surface area contributed by atoms with Crippen LogP contribution in [0.3, 0.4) is 0 Å². The van der Waals surface area contributed by atoms with Crippen molar-refractivity contribution in [3.05, 3.63) is 23.3 Å². The Bertz CT molecular complexity index is 582. The monoisotopic (exact) mass is 340 g/mol. The van der Waals surface area contributed by atoms with Gasteiger partial charge in [0.1, 0.15) is 15.8 Å². The molecule has 0 spiro atoms. The number of thioether (sulfide) groups is 1. The summed E-state index contributed by atoms with van der Waals surface area (Å²) in [6, 6.07) is 3.74. The molecule has 0 bridgehead atoms. The molecule has 0 aliphatic carbocycles. The third kappa shape index (κ3) is 2.90. The van der Waals surface area contributed by atoms with Crippen molar-refractivity contribution in [2.45, 2.75) is 12.6 Å². The van der Waals surface area contributed by atoms with Crippen LogP contribution >= 0.6 is 24.0 Å². The zero-order valence-corrected chi connectivity index (χ0v) is 14.4. The van der Waals surface area contributed by atoms with E-state index in [-0.39, 0.29) is 0 Å². The molecule has 1 aromatic rings. The third-order valence-electron chi connectivity index (χ3n) is 4.08. The van der Waals surface area contributed by atoms with E-state index >= 15 is 0 Å². The number of β-amino-alcohol motifs (C(OH)–C–C–N with tert-alkyl or cyclic N) is 1. The minimum atomic E-state index is -0.586. The number of thiocarbonyl (C=S) groups is 1. The molecular weight excluding hydrogens is 320 g/mol. The van der Waals surface area contributed by atoms with Gasteiger partial charge in [-0.05, 0) is 12.1 Å². The van der Waals surface area contributed by atoms with E-state index in [0.717, 1.165) is 52.5 Å². The molecule has 1 aromatic carbocycles. The standard InChI is InChI=1S/C15H20N2O3S2/c1-19-12-3-4-13(20-2)14-10(12)7-16(8-11(14)18)9-17-5-6-22-15(17)21/h3-4,11,18H,5-9H2,1-2H3. The second kappa shape index (κ2) is 6.62. The van der Waals surface area contributed by atoms with Crippen molar-refractivity contribution in [2.24, 2.45) is 0 Å². The average molecular weight is 340 g/mol. The summed E-state index contributed by atoms with van der Waals surface area (Å²) in [5, 5.41) is 10.6. The van der Waals surface area contributed by atoms with Gasteiger partial charge in [-0.25, -0.2) is 0 Å². The number of ether oxygens (including phenoxy) is 2. The van der Waals surface area contributed by atoms with Crippen molar-refractivity contribution in [1.82, 2.24) is 9.80 Å². The maximum atomic E-state index is 10.6. The number of aliphatic hydroxyl groups is 1. The first kappa shape index (κ1) is 15.9. The largest absolute Gasteiger partial charge is 0.496 e. The topological polar surface area (TPSA) is 45.2 Å². The van der Waals surface area contributed by atoms with Crippen LogP contribution in [0.5, 0.6) is 11.5 Å². The Hall–Kier alpha value is -1.02. The highest BCUT2D eigenvalue weighted by atomic mass is 32.2. The molecular formula is C15H20N2O3S2. The van der Waals surface area contributed by atoms with Gasteiger partial charge in [0, 0.05) is 36.5 Å². The Labute approximate surface area is 140 Å². The number of nitrogens with zero attached hydrogens (tertiary/aromatic N) is 2. The fourth-order valence-corrected chi connectivity index (χ4v) is 4.27. The van der Waals surface area contributed by atoms with Gasteiger partial charge in [-0.15, -0.1) is 0 Å². The number of aliphatic hydroxyl groups excluding tert-OH is 1. The molecule has 22 heavy (non-hydrogen) atoms. The van der Waals surface area contributed by atoms with Gasteiger partial charge in [0.05, 0.1) is 27.0 Å². The SMILES string of the molecule is COc1ccc(OC)c2c1CN(CN1CCSC1=S)CC2O. The molecule has 3 rings (SSSR count). The lowest BCUT2D eigenvalue weighted by atomic mass is 9.95. The van der Waals surface area contributed by atoms with Crippen LogP contribution in [0, 0.1) is 0 Å². The van der Waals surface area contributed by atoms with Crippen LogP contribution < -0.4 is 9.47 Å². The molecule has 1 N–H and O–H groups in total. The highest BCUT2D eigenvalue weighted by Gasteiger charge is 2.31. The van der Waals surface area contributed by atoms with Crippen molar-refractivity contribution in [3.8, 4) is 11.5 Å². The van der Waals surface area contributed by atoms with Gasteiger partial charge in [0.2, 0.25) is 0 Å². The van der Waals surface area contributed by atoms with Gasteiger partial charge in [-0.1, -0.05) is 24.0 Å². The summed E-state index contributed by atoms with van der Waals surface area (Å²) in [4.78, 5) is 4.39. The lowest BCUT2D eigenvalue weighted by Gasteiger charge is -2.36. The maximum Gasteiger partial charge on any atom is 0.137 e. The average Bonchev–Trinajstić information content (AvgIpc) is 2.91. The molecule has 7 heteroatoms. The summed E-state index contributed by atoms with van der Waals surface area (Å²) >= 11 is 7.08. The van der Waals surface area contributed by atoms with E-state index in [2.05, 4.69) is 9.80 Å². The first-order valence-electron chi connectivity index (χ1n) is 7.20. The van der Waals surface area contributed by atoms with Crippen LogP contribution in [-0.4, -0.2) is 59.0 Å². The number of benzene rings is 1. The Morgan fingerprint density at radius 1 is 1.32 bits per heavy atom. The molecule has 0 saturated carbocycles. The normalized spacial score (nSPS) is 21.9. The summed E-state index contributed by atoms with van der Waals surface area (Å²) in [5.41, 5.74) is 1.84. The highest BCUT2D eigenvalue weighted by Crippen LogP contribution is 2.39. The van der Waals surface area contributed by atoms with E-state index in [1.165, 1.54) is 0 Å².